The molecule has 1 aliphatic heterocycles. The van der Waals surface area contributed by atoms with E-state index in [1.54, 1.807) is 0 Å². The van der Waals surface area contributed by atoms with E-state index in [4.69, 9.17) is 0 Å². The molecule has 1 fully saturated rings. The van der Waals surface area contributed by atoms with Crippen molar-refractivity contribution in [3.8, 4) is 0 Å². The predicted octanol–water partition coefficient (Wildman–Crippen LogP) is 0.449. The van der Waals surface area contributed by atoms with E-state index in [-0.39, 0.29) is 32.0 Å². The normalized spacial score (nSPS) is 18.6. The van der Waals surface area contributed by atoms with E-state index in [9.17, 15) is 26.4 Å². The molecular weight excluding hydrogens is 313 g/mol. The third-order valence-electron chi connectivity index (χ3n) is 3.00. The number of alkyl halides is 3. The van der Waals surface area contributed by atoms with Crippen molar-refractivity contribution in [2.24, 2.45) is 0 Å². The Hall–Kier alpha value is -0.870. The Morgan fingerprint density at radius 3 is 2.43 bits per heavy atom. The van der Waals surface area contributed by atoms with Crippen molar-refractivity contribution in [1.82, 2.24) is 9.21 Å². The van der Waals surface area contributed by atoms with Gasteiger partial charge in [-0.2, -0.15) is 13.2 Å². The summed E-state index contributed by atoms with van der Waals surface area (Å²) in [5.41, 5.74) is 0. The van der Waals surface area contributed by atoms with Crippen LogP contribution in [0.2, 0.25) is 0 Å². The van der Waals surface area contributed by atoms with E-state index >= 15 is 0 Å². The third-order valence-corrected chi connectivity index (χ3v) is 4.31. The highest BCUT2D eigenvalue weighted by atomic mass is 32.2. The molecule has 0 aromatic heterocycles. The van der Waals surface area contributed by atoms with Gasteiger partial charge in [-0.3, -0.25) is 4.79 Å². The highest BCUT2D eigenvalue weighted by Gasteiger charge is 2.28. The number of rotatable bonds is 5. The lowest BCUT2D eigenvalue weighted by Crippen LogP contribution is -2.37. The van der Waals surface area contributed by atoms with Gasteiger partial charge in [-0.15, -0.1) is 0 Å². The summed E-state index contributed by atoms with van der Waals surface area (Å²) < 4.78 is 64.1. The van der Waals surface area contributed by atoms with Gasteiger partial charge in [0.15, 0.2) is 0 Å². The summed E-state index contributed by atoms with van der Waals surface area (Å²) in [7, 11) is -3.29. The first-order valence-electron chi connectivity index (χ1n) is 6.47. The van der Waals surface area contributed by atoms with Crippen LogP contribution in [0.1, 0.15) is 12.8 Å². The second-order valence-corrected chi connectivity index (χ2v) is 6.80. The molecule has 1 heterocycles. The average molecular weight is 332 g/mol. The molecule has 0 N–H and O–H groups in total. The molecule has 1 saturated heterocycles. The minimum atomic E-state index is -4.40. The van der Waals surface area contributed by atoms with Crippen LogP contribution in [0, 0.1) is 0 Å². The number of nitrogens with zero attached hydrogens (tertiary/aromatic N) is 2. The van der Waals surface area contributed by atoms with Crippen LogP contribution in [0.5, 0.6) is 0 Å². The first-order chi connectivity index (χ1) is 9.59. The number of amides is 1. The van der Waals surface area contributed by atoms with Crippen molar-refractivity contribution < 1.29 is 31.1 Å². The molecule has 0 radical (unpaired) electrons. The highest BCUT2D eigenvalue weighted by Crippen LogP contribution is 2.14. The summed E-state index contributed by atoms with van der Waals surface area (Å²) in [4.78, 5) is 13.3. The Labute approximate surface area is 121 Å². The van der Waals surface area contributed by atoms with Crippen LogP contribution >= 0.6 is 0 Å². The van der Waals surface area contributed by atoms with Crippen LogP contribution < -0.4 is 0 Å². The van der Waals surface area contributed by atoms with Crippen LogP contribution in [0.3, 0.4) is 0 Å². The largest absolute Gasteiger partial charge is 0.411 e. The molecule has 0 unspecified atom stereocenters. The average Bonchev–Trinajstić information content (AvgIpc) is 2.58. The van der Waals surface area contributed by atoms with Gasteiger partial charge in [-0.25, -0.2) is 12.7 Å². The van der Waals surface area contributed by atoms with Crippen molar-refractivity contribution in [2.45, 2.75) is 19.0 Å². The molecule has 1 rings (SSSR count). The first kappa shape index (κ1) is 18.2. The number of halogens is 3. The number of carbonyl (C=O) groups is 1. The van der Waals surface area contributed by atoms with E-state index in [0.717, 1.165) is 6.26 Å². The van der Waals surface area contributed by atoms with E-state index in [1.165, 1.54) is 9.21 Å². The van der Waals surface area contributed by atoms with Crippen LogP contribution in [-0.4, -0.2) is 75.4 Å². The number of hydrogen-bond acceptors (Lipinski definition) is 4. The maximum atomic E-state index is 11.9. The van der Waals surface area contributed by atoms with Gasteiger partial charge in [0.1, 0.15) is 6.61 Å². The number of carbonyl (C=O) groups excluding carboxylic acids is 1. The Kier molecular flexibility index (Phi) is 6.41. The number of ether oxygens (including phenoxy) is 1. The van der Waals surface area contributed by atoms with Gasteiger partial charge in [0.05, 0.1) is 19.3 Å². The van der Waals surface area contributed by atoms with Gasteiger partial charge in [0.25, 0.3) is 0 Å². The van der Waals surface area contributed by atoms with E-state index < -0.39 is 22.8 Å². The molecular formula is C11H19F3N2O4S. The van der Waals surface area contributed by atoms with Crippen molar-refractivity contribution in [3.05, 3.63) is 0 Å². The summed E-state index contributed by atoms with van der Waals surface area (Å²) in [5, 5.41) is 0. The highest BCUT2D eigenvalue weighted by molar-refractivity contribution is 7.88. The molecule has 1 amide bonds. The predicted molar refractivity (Wildman–Crippen MR) is 69.1 cm³/mol. The topological polar surface area (TPSA) is 66.9 Å². The zero-order chi connectivity index (χ0) is 16.1. The summed E-state index contributed by atoms with van der Waals surface area (Å²) in [5.74, 6) is -0.326. The summed E-state index contributed by atoms with van der Waals surface area (Å²) >= 11 is 0. The minimum Gasteiger partial charge on any atom is -0.372 e. The lowest BCUT2D eigenvalue weighted by atomic mass is 10.3. The van der Waals surface area contributed by atoms with Gasteiger partial charge in [-0.1, -0.05) is 0 Å². The molecule has 124 valence electrons. The minimum absolute atomic E-state index is 0.144. The van der Waals surface area contributed by atoms with E-state index in [2.05, 4.69) is 4.74 Å². The maximum absolute atomic E-state index is 11.9. The molecule has 10 heteroatoms. The molecule has 0 aromatic carbocycles. The molecule has 1 aliphatic rings. The van der Waals surface area contributed by atoms with Crippen LogP contribution in [0.25, 0.3) is 0 Å². The third kappa shape index (κ3) is 7.09. The molecule has 0 bridgehead atoms. The standard InChI is InChI=1S/C11H19F3N2O4S/c1-21(18,19)16-5-2-4-15(6-7-16)10(17)3-8-20-9-11(12,13)14/h2-9H2,1H3. The van der Waals surface area contributed by atoms with E-state index in [1.807, 2.05) is 0 Å². The molecule has 0 aromatic rings. The molecule has 6 nitrogen and oxygen atoms in total. The van der Waals surface area contributed by atoms with Crippen molar-refractivity contribution in [2.75, 3.05) is 45.6 Å². The van der Waals surface area contributed by atoms with Gasteiger partial charge >= 0.3 is 6.18 Å². The first-order valence-corrected chi connectivity index (χ1v) is 8.32. The van der Waals surface area contributed by atoms with Gasteiger partial charge < -0.3 is 9.64 Å². The molecule has 21 heavy (non-hydrogen) atoms. The van der Waals surface area contributed by atoms with Gasteiger partial charge in [-0.05, 0) is 6.42 Å². The lowest BCUT2D eigenvalue weighted by Gasteiger charge is -2.21. The number of hydrogen-bond donors (Lipinski definition) is 0. The molecule has 0 aliphatic carbocycles. The van der Waals surface area contributed by atoms with Gasteiger partial charge in [0, 0.05) is 26.2 Å². The van der Waals surface area contributed by atoms with Crippen LogP contribution in [0.15, 0.2) is 0 Å². The quantitative estimate of drug-likeness (QED) is 0.686. The Balaban J connectivity index is 2.35. The summed E-state index contributed by atoms with van der Waals surface area (Å²) in [6, 6.07) is 0. The zero-order valence-corrected chi connectivity index (χ0v) is 12.5. The Morgan fingerprint density at radius 1 is 1.19 bits per heavy atom. The molecule has 0 spiro atoms. The molecule has 0 atom stereocenters. The fourth-order valence-corrected chi connectivity index (χ4v) is 2.85. The van der Waals surface area contributed by atoms with Gasteiger partial charge in [0.2, 0.25) is 15.9 Å². The smallest absolute Gasteiger partial charge is 0.372 e. The SMILES string of the molecule is CS(=O)(=O)N1CCCN(C(=O)CCOCC(F)(F)F)CC1. The van der Waals surface area contributed by atoms with Crippen LogP contribution in [0.4, 0.5) is 13.2 Å². The van der Waals surface area contributed by atoms with Crippen molar-refractivity contribution in [1.29, 1.82) is 0 Å². The maximum Gasteiger partial charge on any atom is 0.411 e. The van der Waals surface area contributed by atoms with E-state index in [0.29, 0.717) is 19.5 Å². The van der Waals surface area contributed by atoms with Crippen molar-refractivity contribution in [3.63, 3.8) is 0 Å². The summed E-state index contributed by atoms with van der Waals surface area (Å²) in [6.45, 7) is -0.497. The van der Waals surface area contributed by atoms with Crippen molar-refractivity contribution >= 4 is 15.9 Å². The Morgan fingerprint density at radius 2 is 1.86 bits per heavy atom. The van der Waals surface area contributed by atoms with Crippen LogP contribution in [-0.2, 0) is 19.6 Å². The Bertz CT molecular complexity index is 453. The number of sulfonamides is 1. The second kappa shape index (κ2) is 7.41. The fourth-order valence-electron chi connectivity index (χ4n) is 1.98. The monoisotopic (exact) mass is 332 g/mol. The summed E-state index contributed by atoms with van der Waals surface area (Å²) in [6.07, 6.45) is -2.94. The molecule has 0 saturated carbocycles. The lowest BCUT2D eigenvalue weighted by molar-refractivity contribution is -0.175. The fraction of sp³-hybridized carbons (Fsp3) is 0.909. The zero-order valence-electron chi connectivity index (χ0n) is 11.7. The second-order valence-electron chi connectivity index (χ2n) is 4.81.